The summed E-state index contributed by atoms with van der Waals surface area (Å²) in [6.07, 6.45) is 0. The Hall–Kier alpha value is -2.09. The number of carbonyl (C=O) groups excluding carboxylic acids is 2. The Morgan fingerprint density at radius 1 is 1.22 bits per heavy atom. The molecule has 27 heavy (non-hydrogen) atoms. The lowest BCUT2D eigenvalue weighted by Gasteiger charge is -2.28. The molecule has 1 aromatic heterocycles. The highest BCUT2D eigenvalue weighted by atomic mass is 35.5. The van der Waals surface area contributed by atoms with Gasteiger partial charge in [0, 0.05) is 24.5 Å². The second-order valence-electron chi connectivity index (χ2n) is 6.10. The molecule has 6 nitrogen and oxygen atoms in total. The number of thiophene rings is 1. The minimum atomic E-state index is -0.246. The molecule has 0 bridgehead atoms. The van der Waals surface area contributed by atoms with E-state index in [1.807, 2.05) is 19.1 Å². The highest BCUT2D eigenvalue weighted by molar-refractivity contribution is 7.16. The zero-order valence-electron chi connectivity index (χ0n) is 15.1. The van der Waals surface area contributed by atoms with Crippen LogP contribution in [0.4, 0.5) is 10.5 Å². The van der Waals surface area contributed by atoms with Crippen molar-refractivity contribution in [2.24, 2.45) is 0 Å². The maximum absolute atomic E-state index is 12.8. The molecule has 1 N–H and O–H groups in total. The van der Waals surface area contributed by atoms with Gasteiger partial charge in [0.1, 0.15) is 0 Å². The van der Waals surface area contributed by atoms with Crippen LogP contribution in [-0.2, 0) is 11.3 Å². The number of morpholine rings is 1. The first-order chi connectivity index (χ1) is 13.1. The predicted octanol–water partition coefficient (Wildman–Crippen LogP) is 3.93. The van der Waals surface area contributed by atoms with Crippen molar-refractivity contribution in [2.45, 2.75) is 13.5 Å². The van der Waals surface area contributed by atoms with E-state index in [9.17, 15) is 9.59 Å². The van der Waals surface area contributed by atoms with Gasteiger partial charge in [-0.05, 0) is 31.2 Å². The van der Waals surface area contributed by atoms with Crippen molar-refractivity contribution in [3.05, 3.63) is 51.2 Å². The molecule has 0 saturated carbocycles. The van der Waals surface area contributed by atoms with E-state index in [1.165, 1.54) is 11.3 Å². The maximum atomic E-state index is 12.8. The van der Waals surface area contributed by atoms with Crippen LogP contribution < -0.4 is 5.32 Å². The highest BCUT2D eigenvalue weighted by Gasteiger charge is 2.22. The molecule has 0 aliphatic carbocycles. The highest BCUT2D eigenvalue weighted by Crippen LogP contribution is 2.23. The fourth-order valence-electron chi connectivity index (χ4n) is 2.86. The van der Waals surface area contributed by atoms with Crippen LogP contribution in [0.1, 0.15) is 22.2 Å². The number of para-hydroxylation sites is 1. The van der Waals surface area contributed by atoms with Crippen molar-refractivity contribution >= 4 is 40.6 Å². The number of anilines is 1. The first-order valence-corrected chi connectivity index (χ1v) is 10.0. The van der Waals surface area contributed by atoms with E-state index in [0.717, 1.165) is 4.88 Å². The molecule has 1 saturated heterocycles. The minimum Gasteiger partial charge on any atom is -0.378 e. The van der Waals surface area contributed by atoms with Crippen LogP contribution in [-0.4, -0.2) is 54.6 Å². The van der Waals surface area contributed by atoms with Crippen LogP contribution in [0.15, 0.2) is 36.4 Å². The number of nitrogens with one attached hydrogen (secondary N) is 1. The van der Waals surface area contributed by atoms with Crippen molar-refractivity contribution in [1.82, 2.24) is 9.80 Å². The van der Waals surface area contributed by atoms with Crippen LogP contribution in [0, 0.1) is 0 Å². The van der Waals surface area contributed by atoms with E-state index in [-0.39, 0.29) is 11.9 Å². The average Bonchev–Trinajstić information content (AvgIpc) is 3.11. The van der Waals surface area contributed by atoms with Gasteiger partial charge in [0.15, 0.2) is 0 Å². The third kappa shape index (κ3) is 5.00. The summed E-state index contributed by atoms with van der Waals surface area (Å²) in [7, 11) is 0. The van der Waals surface area contributed by atoms with E-state index >= 15 is 0 Å². The molecule has 0 atom stereocenters. The van der Waals surface area contributed by atoms with Crippen molar-refractivity contribution < 1.29 is 14.3 Å². The molecular weight excluding hydrogens is 386 g/mol. The predicted molar refractivity (Wildman–Crippen MR) is 108 cm³/mol. The summed E-state index contributed by atoms with van der Waals surface area (Å²) in [5.41, 5.74) is 1.00. The Balaban J connectivity index is 1.72. The van der Waals surface area contributed by atoms with E-state index in [4.69, 9.17) is 16.3 Å². The number of nitrogens with zero attached hydrogens (tertiary/aromatic N) is 2. The van der Waals surface area contributed by atoms with Crippen molar-refractivity contribution in [1.29, 1.82) is 0 Å². The summed E-state index contributed by atoms with van der Waals surface area (Å²) in [6.45, 7) is 5.11. The van der Waals surface area contributed by atoms with Gasteiger partial charge in [-0.15, -0.1) is 11.3 Å². The van der Waals surface area contributed by atoms with Gasteiger partial charge in [-0.1, -0.05) is 23.7 Å². The molecule has 2 aromatic rings. The van der Waals surface area contributed by atoms with Gasteiger partial charge in [0.2, 0.25) is 0 Å². The normalized spacial score (nSPS) is 14.1. The van der Waals surface area contributed by atoms with Crippen molar-refractivity contribution in [2.75, 3.05) is 38.2 Å². The number of halogens is 1. The second-order valence-corrected chi connectivity index (χ2v) is 7.90. The number of urea groups is 1. The molecule has 3 amide bonds. The van der Waals surface area contributed by atoms with Gasteiger partial charge in [0.25, 0.3) is 5.91 Å². The monoisotopic (exact) mass is 407 g/mol. The van der Waals surface area contributed by atoms with Crippen LogP contribution in [0.5, 0.6) is 0 Å². The van der Waals surface area contributed by atoms with Gasteiger partial charge < -0.3 is 19.9 Å². The number of hydrogen-bond acceptors (Lipinski definition) is 4. The molecular formula is C19H22ClN3O3S. The van der Waals surface area contributed by atoms with Crippen LogP contribution >= 0.6 is 22.9 Å². The van der Waals surface area contributed by atoms with Gasteiger partial charge in [0.05, 0.1) is 35.3 Å². The summed E-state index contributed by atoms with van der Waals surface area (Å²) in [6, 6.07) is 10.6. The minimum absolute atomic E-state index is 0.0951. The standard InChI is InChI=1S/C19H22ClN3O3S/c1-2-22(13-14-7-8-17(20)27-14)19(25)21-16-6-4-3-5-15(16)18(24)23-9-11-26-12-10-23/h3-8H,2,9-13H2,1H3,(H,21,25). The smallest absolute Gasteiger partial charge is 0.322 e. The number of benzene rings is 1. The molecule has 144 valence electrons. The van der Waals surface area contributed by atoms with Crippen LogP contribution in [0.2, 0.25) is 4.34 Å². The number of hydrogen-bond donors (Lipinski definition) is 1. The summed E-state index contributed by atoms with van der Waals surface area (Å²) in [5, 5.41) is 2.89. The molecule has 0 unspecified atom stereocenters. The van der Waals surface area contributed by atoms with Crippen LogP contribution in [0.3, 0.4) is 0 Å². The number of carbonyl (C=O) groups is 2. The van der Waals surface area contributed by atoms with E-state index in [2.05, 4.69) is 5.32 Å². The summed E-state index contributed by atoms with van der Waals surface area (Å²) in [4.78, 5) is 30.0. The molecule has 8 heteroatoms. The molecule has 0 spiro atoms. The number of rotatable bonds is 5. The second kappa shape index (κ2) is 9.21. The molecule has 3 rings (SSSR count). The van der Waals surface area contributed by atoms with Gasteiger partial charge in [-0.25, -0.2) is 4.79 Å². The Labute approximate surface area is 167 Å². The number of ether oxygens (including phenoxy) is 1. The third-order valence-corrected chi connectivity index (χ3v) is 5.56. The maximum Gasteiger partial charge on any atom is 0.322 e. The molecule has 1 aromatic carbocycles. The Morgan fingerprint density at radius 2 is 1.96 bits per heavy atom. The Morgan fingerprint density at radius 3 is 2.63 bits per heavy atom. The summed E-state index contributed by atoms with van der Waals surface area (Å²) >= 11 is 7.43. The third-order valence-electron chi connectivity index (χ3n) is 4.34. The van der Waals surface area contributed by atoms with Gasteiger partial charge in [-0.3, -0.25) is 4.79 Å². The quantitative estimate of drug-likeness (QED) is 0.816. The van der Waals surface area contributed by atoms with Crippen molar-refractivity contribution in [3.8, 4) is 0 Å². The average molecular weight is 408 g/mol. The Bertz CT molecular complexity index is 805. The first kappa shape index (κ1) is 19.7. The zero-order chi connectivity index (χ0) is 19.2. The topological polar surface area (TPSA) is 61.9 Å². The first-order valence-electron chi connectivity index (χ1n) is 8.84. The Kier molecular flexibility index (Phi) is 6.71. The van der Waals surface area contributed by atoms with Gasteiger partial charge >= 0.3 is 6.03 Å². The van der Waals surface area contributed by atoms with E-state index < -0.39 is 0 Å². The fourth-order valence-corrected chi connectivity index (χ4v) is 3.97. The SMILES string of the molecule is CCN(Cc1ccc(Cl)s1)C(=O)Nc1ccccc1C(=O)N1CCOCC1. The summed E-state index contributed by atoms with van der Waals surface area (Å²) < 4.78 is 6.00. The van der Waals surface area contributed by atoms with Crippen LogP contribution in [0.25, 0.3) is 0 Å². The molecule has 2 heterocycles. The molecule has 0 radical (unpaired) electrons. The lowest BCUT2D eigenvalue weighted by atomic mass is 10.1. The lowest BCUT2D eigenvalue weighted by molar-refractivity contribution is 0.0303. The number of amides is 3. The van der Waals surface area contributed by atoms with E-state index in [0.29, 0.717) is 55.0 Å². The zero-order valence-corrected chi connectivity index (χ0v) is 16.7. The lowest BCUT2D eigenvalue weighted by Crippen LogP contribution is -2.41. The fraction of sp³-hybridized carbons (Fsp3) is 0.368. The largest absolute Gasteiger partial charge is 0.378 e. The van der Waals surface area contributed by atoms with E-state index in [1.54, 1.807) is 34.1 Å². The van der Waals surface area contributed by atoms with Gasteiger partial charge in [-0.2, -0.15) is 0 Å². The molecule has 1 aliphatic rings. The molecule has 1 aliphatic heterocycles. The van der Waals surface area contributed by atoms with Crippen molar-refractivity contribution in [3.63, 3.8) is 0 Å². The summed E-state index contributed by atoms with van der Waals surface area (Å²) in [5.74, 6) is -0.0951. The molecule has 1 fully saturated rings.